The molecule has 78 valence electrons. The summed E-state index contributed by atoms with van der Waals surface area (Å²) in [6.07, 6.45) is 2.39. The molecule has 0 nitrogen and oxygen atoms in total. The van der Waals surface area contributed by atoms with E-state index in [1.165, 1.54) is 12.0 Å². The van der Waals surface area contributed by atoms with Gasteiger partial charge in [0.25, 0.3) is 0 Å². The van der Waals surface area contributed by atoms with Crippen molar-refractivity contribution in [3.05, 3.63) is 35.9 Å². The fourth-order valence-corrected chi connectivity index (χ4v) is 0.714. The van der Waals surface area contributed by atoms with Gasteiger partial charge in [-0.05, 0) is 12.0 Å². The first kappa shape index (κ1) is 18.1. The summed E-state index contributed by atoms with van der Waals surface area (Å²) in [4.78, 5) is 0. The zero-order chi connectivity index (χ0) is 8.53. The molecule has 1 rings (SSSR count). The lowest BCUT2D eigenvalue weighted by molar-refractivity contribution is 1.09. The molecule has 0 saturated heterocycles. The van der Waals surface area contributed by atoms with Gasteiger partial charge in [0.05, 0.1) is 0 Å². The molecule has 0 spiro atoms. The first-order valence-corrected chi connectivity index (χ1v) is 4.39. The standard InChI is InChI=1S/C8H10.C3H8.2CH4/c1-2-8-6-4-3-5-7-8;1-3-2;;/h3-7H,2H2,1H3;3H2,1-2H3;2*1H4. The molecular formula is C13H26. The Morgan fingerprint density at radius 1 is 0.846 bits per heavy atom. The predicted molar refractivity (Wildman–Crippen MR) is 65.2 cm³/mol. The fraction of sp³-hybridized carbons (Fsp3) is 0.538. The van der Waals surface area contributed by atoms with Crippen LogP contribution in [0.25, 0.3) is 0 Å². The minimum Gasteiger partial charge on any atom is -0.0776 e. The summed E-state index contributed by atoms with van der Waals surface area (Å²) in [6.45, 7) is 6.41. The molecule has 0 heterocycles. The van der Waals surface area contributed by atoms with Gasteiger partial charge in [-0.25, -0.2) is 0 Å². The second-order valence-corrected chi connectivity index (χ2v) is 2.55. The highest BCUT2D eigenvalue weighted by atomic mass is 13.9. The van der Waals surface area contributed by atoms with Gasteiger partial charge in [0.15, 0.2) is 0 Å². The van der Waals surface area contributed by atoms with E-state index in [1.54, 1.807) is 0 Å². The Hall–Kier alpha value is -0.780. The summed E-state index contributed by atoms with van der Waals surface area (Å²) in [5.74, 6) is 0. The van der Waals surface area contributed by atoms with Gasteiger partial charge in [0.2, 0.25) is 0 Å². The van der Waals surface area contributed by atoms with E-state index >= 15 is 0 Å². The third kappa shape index (κ3) is 11.2. The highest BCUT2D eigenvalue weighted by molar-refractivity contribution is 5.13. The average Bonchev–Trinajstić information content (AvgIpc) is 2.08. The van der Waals surface area contributed by atoms with E-state index < -0.39 is 0 Å². The van der Waals surface area contributed by atoms with E-state index in [0.717, 1.165) is 6.42 Å². The van der Waals surface area contributed by atoms with Crippen LogP contribution in [0.1, 0.15) is 47.6 Å². The third-order valence-corrected chi connectivity index (χ3v) is 1.25. The molecule has 0 aromatic heterocycles. The summed E-state index contributed by atoms with van der Waals surface area (Å²) in [5, 5.41) is 0. The maximum absolute atomic E-state index is 2.16. The Morgan fingerprint density at radius 3 is 1.46 bits per heavy atom. The smallest absolute Gasteiger partial charge is 0.0307 e. The molecule has 0 aliphatic rings. The number of aryl methyl sites for hydroxylation is 1. The molecule has 0 radical (unpaired) electrons. The largest absolute Gasteiger partial charge is 0.0776 e. The molecule has 0 N–H and O–H groups in total. The van der Waals surface area contributed by atoms with Crippen molar-refractivity contribution in [3.63, 3.8) is 0 Å². The maximum atomic E-state index is 2.16. The lowest BCUT2D eigenvalue weighted by atomic mass is 10.2. The van der Waals surface area contributed by atoms with Gasteiger partial charge in [-0.2, -0.15) is 0 Å². The molecule has 1 aromatic rings. The molecular weight excluding hydrogens is 156 g/mol. The van der Waals surface area contributed by atoms with E-state index in [2.05, 4.69) is 45.0 Å². The first-order valence-electron chi connectivity index (χ1n) is 4.39. The first-order chi connectivity index (χ1) is 5.35. The highest BCUT2D eigenvalue weighted by Crippen LogP contribution is 1.96. The molecule has 0 saturated carbocycles. The van der Waals surface area contributed by atoms with E-state index in [9.17, 15) is 0 Å². The summed E-state index contributed by atoms with van der Waals surface area (Å²) >= 11 is 0. The van der Waals surface area contributed by atoms with Gasteiger partial charge < -0.3 is 0 Å². The van der Waals surface area contributed by atoms with Crippen LogP contribution in [-0.2, 0) is 6.42 Å². The normalized spacial score (nSPS) is 7.00. The molecule has 0 atom stereocenters. The number of benzene rings is 1. The van der Waals surface area contributed by atoms with Crippen LogP contribution < -0.4 is 0 Å². The van der Waals surface area contributed by atoms with Gasteiger partial charge >= 0.3 is 0 Å². The van der Waals surface area contributed by atoms with Gasteiger partial charge in [-0.3, -0.25) is 0 Å². The monoisotopic (exact) mass is 182 g/mol. The summed E-state index contributed by atoms with van der Waals surface area (Å²) in [6, 6.07) is 10.5. The summed E-state index contributed by atoms with van der Waals surface area (Å²) < 4.78 is 0. The van der Waals surface area contributed by atoms with E-state index in [4.69, 9.17) is 0 Å². The molecule has 0 amide bonds. The molecule has 0 bridgehead atoms. The zero-order valence-electron chi connectivity index (χ0n) is 7.80. The Bertz CT molecular complexity index is 153. The SMILES string of the molecule is C.C.CCC.CCc1ccccc1. The number of rotatable bonds is 1. The van der Waals surface area contributed by atoms with Crippen molar-refractivity contribution < 1.29 is 0 Å². The summed E-state index contributed by atoms with van der Waals surface area (Å²) in [5.41, 5.74) is 1.41. The molecule has 0 aliphatic carbocycles. The van der Waals surface area contributed by atoms with Gasteiger partial charge in [0, 0.05) is 0 Å². The molecule has 1 aromatic carbocycles. The van der Waals surface area contributed by atoms with Crippen LogP contribution in [-0.4, -0.2) is 0 Å². The van der Waals surface area contributed by atoms with Gasteiger partial charge in [-0.15, -0.1) is 0 Å². The second kappa shape index (κ2) is 13.8. The van der Waals surface area contributed by atoms with Crippen molar-refractivity contribution >= 4 is 0 Å². The van der Waals surface area contributed by atoms with Crippen molar-refractivity contribution in [3.8, 4) is 0 Å². The van der Waals surface area contributed by atoms with Crippen LogP contribution in [0.15, 0.2) is 30.3 Å². The van der Waals surface area contributed by atoms with Crippen molar-refractivity contribution in [1.82, 2.24) is 0 Å². The second-order valence-electron chi connectivity index (χ2n) is 2.55. The minimum atomic E-state index is 0. The van der Waals surface area contributed by atoms with Gasteiger partial charge in [0.1, 0.15) is 0 Å². The number of hydrogen-bond donors (Lipinski definition) is 0. The topological polar surface area (TPSA) is 0 Å². The Kier molecular flexibility index (Phi) is 19.2. The van der Waals surface area contributed by atoms with E-state index in [1.807, 2.05) is 6.07 Å². The lowest BCUT2D eigenvalue weighted by Crippen LogP contribution is -1.73. The fourth-order valence-electron chi connectivity index (χ4n) is 0.714. The van der Waals surface area contributed by atoms with Crippen LogP contribution in [0.2, 0.25) is 0 Å². The van der Waals surface area contributed by atoms with Crippen molar-refractivity contribution in [2.75, 3.05) is 0 Å². The lowest BCUT2D eigenvalue weighted by Gasteiger charge is -1.89. The molecule has 0 fully saturated rings. The molecule has 13 heavy (non-hydrogen) atoms. The van der Waals surface area contributed by atoms with Crippen LogP contribution in [0.3, 0.4) is 0 Å². The quantitative estimate of drug-likeness (QED) is 0.577. The van der Waals surface area contributed by atoms with Crippen LogP contribution in [0.5, 0.6) is 0 Å². The summed E-state index contributed by atoms with van der Waals surface area (Å²) in [7, 11) is 0. The minimum absolute atomic E-state index is 0. The third-order valence-electron chi connectivity index (χ3n) is 1.25. The maximum Gasteiger partial charge on any atom is -0.0307 e. The van der Waals surface area contributed by atoms with Crippen LogP contribution in [0.4, 0.5) is 0 Å². The Balaban J connectivity index is -0.000000180. The zero-order valence-corrected chi connectivity index (χ0v) is 7.80. The Labute approximate surface area is 85.0 Å². The Morgan fingerprint density at radius 2 is 1.23 bits per heavy atom. The van der Waals surface area contributed by atoms with Crippen LogP contribution >= 0.6 is 0 Å². The van der Waals surface area contributed by atoms with Crippen molar-refractivity contribution in [2.24, 2.45) is 0 Å². The predicted octanol–water partition coefficient (Wildman–Crippen LogP) is 4.94. The van der Waals surface area contributed by atoms with Gasteiger partial charge in [-0.1, -0.05) is 72.4 Å². The molecule has 0 unspecified atom stereocenters. The molecule has 0 heteroatoms. The van der Waals surface area contributed by atoms with Crippen molar-refractivity contribution in [1.29, 1.82) is 0 Å². The average molecular weight is 182 g/mol. The van der Waals surface area contributed by atoms with Crippen molar-refractivity contribution in [2.45, 2.75) is 48.5 Å². The molecule has 0 aliphatic heterocycles. The number of hydrogen-bond acceptors (Lipinski definition) is 0. The van der Waals surface area contributed by atoms with E-state index in [-0.39, 0.29) is 14.9 Å². The van der Waals surface area contributed by atoms with E-state index in [0.29, 0.717) is 0 Å². The van der Waals surface area contributed by atoms with Crippen LogP contribution in [0, 0.1) is 0 Å². The highest BCUT2D eigenvalue weighted by Gasteiger charge is 1.79.